The topological polar surface area (TPSA) is 20.3 Å². The Kier molecular flexibility index (Phi) is 4.96. The number of halogens is 1. The Labute approximate surface area is 149 Å². The number of hydrogen-bond donors (Lipinski definition) is 0. The molecular weight excluding hydrogens is 346 g/mol. The van der Waals surface area contributed by atoms with Crippen molar-refractivity contribution in [3.05, 3.63) is 82.2 Å². The lowest BCUT2D eigenvalue weighted by Crippen LogP contribution is -2.27. The van der Waals surface area contributed by atoms with Crippen molar-refractivity contribution in [3.8, 4) is 0 Å². The highest BCUT2D eigenvalue weighted by Crippen LogP contribution is 2.35. The van der Waals surface area contributed by atoms with Gasteiger partial charge in [-0.1, -0.05) is 84.1 Å². The molecule has 5 heteroatoms. The summed E-state index contributed by atoms with van der Waals surface area (Å²) in [6.45, 7) is 0. The number of thioether (sulfide) groups is 1. The number of allylic oxidation sites excluding steroid dienone is 2. The standard InChI is InChI=1S/C18H12ClNOS2/c19-14-9-5-10-15(12-14)20-17(21)16(23-18(20)22)11-4-8-13-6-2-1-3-7-13/h1-12H/b8-4+,16-11-. The number of carbonyl (C=O) groups excluding carboxylic acids is 1. The third-order valence-electron chi connectivity index (χ3n) is 3.20. The third kappa shape index (κ3) is 3.72. The molecule has 114 valence electrons. The SMILES string of the molecule is O=C1/C(=C/C=C/c2ccccc2)SC(=S)N1c1cccc(Cl)c1. The minimum atomic E-state index is -0.125. The predicted molar refractivity (Wildman–Crippen MR) is 103 cm³/mol. The van der Waals surface area contributed by atoms with Crippen molar-refractivity contribution >= 4 is 57.6 Å². The summed E-state index contributed by atoms with van der Waals surface area (Å²) in [6.07, 6.45) is 5.60. The summed E-state index contributed by atoms with van der Waals surface area (Å²) >= 11 is 12.6. The number of nitrogens with zero attached hydrogens (tertiary/aromatic N) is 1. The van der Waals surface area contributed by atoms with Gasteiger partial charge in [0.1, 0.15) is 0 Å². The fraction of sp³-hybridized carbons (Fsp3) is 0. The van der Waals surface area contributed by atoms with E-state index >= 15 is 0 Å². The molecular formula is C18H12ClNOS2. The van der Waals surface area contributed by atoms with E-state index in [0.29, 0.717) is 19.9 Å². The van der Waals surface area contributed by atoms with Gasteiger partial charge in [0.15, 0.2) is 4.32 Å². The number of carbonyl (C=O) groups is 1. The smallest absolute Gasteiger partial charge is 0.268 e. The summed E-state index contributed by atoms with van der Waals surface area (Å²) in [6, 6.07) is 17.0. The Morgan fingerprint density at radius 1 is 1.09 bits per heavy atom. The molecule has 2 aromatic rings. The van der Waals surface area contributed by atoms with Gasteiger partial charge in [0.05, 0.1) is 10.6 Å². The van der Waals surface area contributed by atoms with Gasteiger partial charge in [0.25, 0.3) is 5.91 Å². The van der Waals surface area contributed by atoms with Crippen LogP contribution in [0, 0.1) is 0 Å². The maximum Gasteiger partial charge on any atom is 0.270 e. The first-order chi connectivity index (χ1) is 11.1. The summed E-state index contributed by atoms with van der Waals surface area (Å²) in [5.41, 5.74) is 1.77. The van der Waals surface area contributed by atoms with Crippen molar-refractivity contribution in [1.82, 2.24) is 0 Å². The van der Waals surface area contributed by atoms with E-state index in [1.165, 1.54) is 16.7 Å². The van der Waals surface area contributed by atoms with E-state index in [1.807, 2.05) is 48.6 Å². The van der Waals surface area contributed by atoms with Gasteiger partial charge in [-0.25, -0.2) is 0 Å². The van der Waals surface area contributed by atoms with E-state index in [2.05, 4.69) is 0 Å². The van der Waals surface area contributed by atoms with Gasteiger partial charge in [-0.3, -0.25) is 9.69 Å². The summed E-state index contributed by atoms with van der Waals surface area (Å²) in [7, 11) is 0. The maximum absolute atomic E-state index is 12.5. The van der Waals surface area contributed by atoms with E-state index in [1.54, 1.807) is 24.3 Å². The molecule has 1 heterocycles. The molecule has 1 aliphatic heterocycles. The normalized spacial score (nSPS) is 16.7. The summed E-state index contributed by atoms with van der Waals surface area (Å²) < 4.78 is 0.511. The van der Waals surface area contributed by atoms with Crippen LogP contribution in [0.2, 0.25) is 5.02 Å². The van der Waals surface area contributed by atoms with Crippen LogP contribution < -0.4 is 4.90 Å². The Morgan fingerprint density at radius 2 is 1.87 bits per heavy atom. The largest absolute Gasteiger partial charge is 0.270 e. The molecule has 0 unspecified atom stereocenters. The Morgan fingerprint density at radius 3 is 2.61 bits per heavy atom. The molecule has 0 N–H and O–H groups in total. The van der Waals surface area contributed by atoms with Crippen molar-refractivity contribution < 1.29 is 4.79 Å². The fourth-order valence-corrected chi connectivity index (χ4v) is 3.57. The minimum absolute atomic E-state index is 0.125. The van der Waals surface area contributed by atoms with Crippen molar-refractivity contribution in [2.75, 3.05) is 4.90 Å². The average molecular weight is 358 g/mol. The highest BCUT2D eigenvalue weighted by atomic mass is 35.5. The zero-order valence-electron chi connectivity index (χ0n) is 12.0. The number of rotatable bonds is 3. The molecule has 0 saturated carbocycles. The highest BCUT2D eigenvalue weighted by molar-refractivity contribution is 8.27. The summed E-state index contributed by atoms with van der Waals surface area (Å²) in [5, 5.41) is 0.574. The maximum atomic E-state index is 12.5. The molecule has 1 aliphatic rings. The monoisotopic (exact) mass is 357 g/mol. The highest BCUT2D eigenvalue weighted by Gasteiger charge is 2.32. The van der Waals surface area contributed by atoms with Crippen LogP contribution >= 0.6 is 35.6 Å². The lowest BCUT2D eigenvalue weighted by atomic mass is 10.2. The molecule has 1 fully saturated rings. The van der Waals surface area contributed by atoms with Crippen molar-refractivity contribution in [1.29, 1.82) is 0 Å². The zero-order chi connectivity index (χ0) is 16.2. The van der Waals surface area contributed by atoms with Crippen molar-refractivity contribution in [3.63, 3.8) is 0 Å². The number of amides is 1. The molecule has 3 rings (SSSR count). The van der Waals surface area contributed by atoms with Gasteiger partial charge in [0.2, 0.25) is 0 Å². The molecule has 1 amide bonds. The molecule has 0 atom stereocenters. The number of benzene rings is 2. The number of hydrogen-bond acceptors (Lipinski definition) is 3. The zero-order valence-corrected chi connectivity index (χ0v) is 14.4. The third-order valence-corrected chi connectivity index (χ3v) is 4.75. The molecule has 1 saturated heterocycles. The molecule has 2 aromatic carbocycles. The number of anilines is 1. The second-order valence-corrected chi connectivity index (χ2v) is 6.90. The van der Waals surface area contributed by atoms with Gasteiger partial charge < -0.3 is 0 Å². The lowest BCUT2D eigenvalue weighted by Gasteiger charge is -2.14. The molecule has 0 aromatic heterocycles. The molecule has 0 radical (unpaired) electrons. The Bertz CT molecular complexity index is 815. The van der Waals surface area contributed by atoms with Gasteiger partial charge >= 0.3 is 0 Å². The van der Waals surface area contributed by atoms with Crippen LogP contribution in [-0.2, 0) is 4.79 Å². The van der Waals surface area contributed by atoms with E-state index in [4.69, 9.17) is 23.8 Å². The first-order valence-corrected chi connectivity index (χ1v) is 8.51. The summed E-state index contributed by atoms with van der Waals surface area (Å²) in [5.74, 6) is -0.125. The second-order valence-electron chi connectivity index (χ2n) is 4.79. The summed E-state index contributed by atoms with van der Waals surface area (Å²) in [4.78, 5) is 14.6. The van der Waals surface area contributed by atoms with E-state index in [0.717, 1.165) is 5.56 Å². The molecule has 2 nitrogen and oxygen atoms in total. The Hall–Kier alpha value is -1.88. The minimum Gasteiger partial charge on any atom is -0.268 e. The van der Waals surface area contributed by atoms with Crippen molar-refractivity contribution in [2.24, 2.45) is 0 Å². The van der Waals surface area contributed by atoms with E-state index < -0.39 is 0 Å². The first kappa shape index (κ1) is 16.0. The quantitative estimate of drug-likeness (QED) is 0.549. The molecule has 23 heavy (non-hydrogen) atoms. The van der Waals surface area contributed by atoms with Crippen LogP contribution in [0.3, 0.4) is 0 Å². The van der Waals surface area contributed by atoms with Gasteiger partial charge in [-0.05, 0) is 29.8 Å². The predicted octanol–water partition coefficient (Wildman–Crippen LogP) is 5.30. The fourth-order valence-electron chi connectivity index (χ4n) is 2.13. The van der Waals surface area contributed by atoms with Crippen LogP contribution in [0.25, 0.3) is 6.08 Å². The van der Waals surface area contributed by atoms with Crippen LogP contribution in [0.1, 0.15) is 5.56 Å². The van der Waals surface area contributed by atoms with Gasteiger partial charge in [-0.2, -0.15) is 0 Å². The van der Waals surface area contributed by atoms with E-state index in [-0.39, 0.29) is 5.91 Å². The number of thiocarbonyl (C=S) groups is 1. The van der Waals surface area contributed by atoms with Crippen LogP contribution in [0.5, 0.6) is 0 Å². The van der Waals surface area contributed by atoms with Crippen LogP contribution in [0.15, 0.2) is 71.7 Å². The van der Waals surface area contributed by atoms with E-state index in [9.17, 15) is 4.79 Å². The molecule has 0 bridgehead atoms. The average Bonchev–Trinajstić information content (AvgIpc) is 2.82. The Balaban J connectivity index is 1.81. The van der Waals surface area contributed by atoms with Crippen molar-refractivity contribution in [2.45, 2.75) is 0 Å². The van der Waals surface area contributed by atoms with Gasteiger partial charge in [-0.15, -0.1) is 0 Å². The molecule has 0 aliphatic carbocycles. The van der Waals surface area contributed by atoms with Crippen LogP contribution in [-0.4, -0.2) is 10.2 Å². The van der Waals surface area contributed by atoms with Gasteiger partial charge in [0, 0.05) is 5.02 Å². The first-order valence-electron chi connectivity index (χ1n) is 6.90. The van der Waals surface area contributed by atoms with Crippen LogP contribution in [0.4, 0.5) is 5.69 Å². The second kappa shape index (κ2) is 7.13. The lowest BCUT2D eigenvalue weighted by molar-refractivity contribution is -0.113. The molecule has 0 spiro atoms.